The molecule has 0 radical (unpaired) electrons. The molecule has 1 amide bonds. The van der Waals surface area contributed by atoms with Gasteiger partial charge in [0.25, 0.3) is 5.91 Å². The highest BCUT2D eigenvalue weighted by atomic mass is 19.1. The molecule has 10 heteroatoms. The lowest BCUT2D eigenvalue weighted by Crippen LogP contribution is -2.20. The molecule has 2 N–H and O–H groups in total. The molecule has 5 rings (SSSR count). The zero-order valence-electron chi connectivity index (χ0n) is 21.9. The number of likely N-dealkylation sites (N-methyl/N-ethyl adjacent to an activating group) is 1. The van der Waals surface area contributed by atoms with Crippen molar-refractivity contribution in [1.29, 1.82) is 0 Å². The summed E-state index contributed by atoms with van der Waals surface area (Å²) in [5, 5.41) is 0. The second-order valence-corrected chi connectivity index (χ2v) is 9.42. The van der Waals surface area contributed by atoms with Gasteiger partial charge in [-0.3, -0.25) is 9.78 Å². The highest BCUT2D eigenvalue weighted by molar-refractivity contribution is 5.94. The van der Waals surface area contributed by atoms with E-state index in [0.717, 1.165) is 23.1 Å². The number of amides is 1. The molecule has 0 spiro atoms. The number of carbonyl (C=O) groups excluding carboxylic acids is 1. The molecule has 0 fully saturated rings. The van der Waals surface area contributed by atoms with E-state index in [2.05, 4.69) is 9.97 Å². The van der Waals surface area contributed by atoms with Crippen molar-refractivity contribution in [3.05, 3.63) is 90.0 Å². The molecule has 39 heavy (non-hydrogen) atoms. The summed E-state index contributed by atoms with van der Waals surface area (Å²) in [6.07, 6.45) is 3.55. The molecule has 0 atom stereocenters. The average molecular weight is 526 g/mol. The summed E-state index contributed by atoms with van der Waals surface area (Å²) < 4.78 is 21.7. The predicted octanol–water partition coefficient (Wildman–Crippen LogP) is 3.86. The van der Waals surface area contributed by atoms with Gasteiger partial charge >= 0.3 is 0 Å². The van der Waals surface area contributed by atoms with Gasteiger partial charge in [0, 0.05) is 37.3 Å². The first-order chi connectivity index (χ1) is 18.8. The van der Waals surface area contributed by atoms with Crippen LogP contribution in [-0.2, 0) is 13.5 Å². The van der Waals surface area contributed by atoms with Gasteiger partial charge in [-0.15, -0.1) is 0 Å². The normalized spacial score (nSPS) is 11.3. The summed E-state index contributed by atoms with van der Waals surface area (Å²) in [7, 11) is 5.83. The van der Waals surface area contributed by atoms with Gasteiger partial charge in [-0.25, -0.2) is 19.3 Å². The summed E-state index contributed by atoms with van der Waals surface area (Å²) in [5.41, 5.74) is 10.8. The van der Waals surface area contributed by atoms with E-state index in [4.69, 9.17) is 20.4 Å². The fourth-order valence-corrected chi connectivity index (χ4v) is 4.26. The molecular formula is C29H28FN7O2. The van der Waals surface area contributed by atoms with Crippen molar-refractivity contribution in [3.63, 3.8) is 0 Å². The lowest BCUT2D eigenvalue weighted by Gasteiger charge is -2.16. The van der Waals surface area contributed by atoms with Crippen LogP contribution in [0.5, 0.6) is 5.75 Å². The number of primary amides is 1. The number of halogens is 1. The first-order valence-corrected chi connectivity index (χ1v) is 12.4. The van der Waals surface area contributed by atoms with Gasteiger partial charge < -0.3 is 19.9 Å². The predicted molar refractivity (Wildman–Crippen MR) is 147 cm³/mol. The van der Waals surface area contributed by atoms with Crippen LogP contribution in [0.15, 0.2) is 67.1 Å². The lowest BCUT2D eigenvalue weighted by atomic mass is 10.0. The van der Waals surface area contributed by atoms with E-state index in [0.29, 0.717) is 40.7 Å². The molecular weight excluding hydrogens is 497 g/mol. The highest BCUT2D eigenvalue weighted by Gasteiger charge is 2.22. The number of ether oxygens (including phenoxy) is 1. The molecule has 0 saturated carbocycles. The summed E-state index contributed by atoms with van der Waals surface area (Å²) >= 11 is 0. The van der Waals surface area contributed by atoms with E-state index < -0.39 is 5.91 Å². The Labute approximate surface area is 225 Å². The number of rotatable bonds is 9. The summed E-state index contributed by atoms with van der Waals surface area (Å²) in [6.45, 7) is 1.20. The minimum Gasteiger partial charge on any atom is -0.490 e. The van der Waals surface area contributed by atoms with Crippen LogP contribution in [-0.4, -0.2) is 62.6 Å². The second kappa shape index (κ2) is 11.0. The Balaban J connectivity index is 1.65. The van der Waals surface area contributed by atoms with E-state index >= 15 is 0 Å². The fraction of sp³-hybridized carbons (Fsp3) is 0.207. The number of hydrogen-bond acceptors (Lipinski definition) is 7. The molecule has 0 aliphatic rings. The van der Waals surface area contributed by atoms with E-state index in [1.165, 1.54) is 12.1 Å². The molecule has 3 aromatic heterocycles. The SMILES string of the molecule is CN(C)CCOc1cccnc1Cc1nc(-c2ccc(F)cc2)c(-c2ccc3ncn(C)c3c2)nc1C(N)=O. The smallest absolute Gasteiger partial charge is 0.269 e. The number of pyridine rings is 1. The van der Waals surface area contributed by atoms with Crippen molar-refractivity contribution in [2.45, 2.75) is 6.42 Å². The van der Waals surface area contributed by atoms with E-state index in [1.54, 1.807) is 30.7 Å². The maximum Gasteiger partial charge on any atom is 0.269 e. The number of imidazole rings is 1. The molecule has 2 aromatic carbocycles. The minimum atomic E-state index is -0.711. The van der Waals surface area contributed by atoms with E-state index in [-0.39, 0.29) is 17.9 Å². The Morgan fingerprint density at radius 3 is 2.49 bits per heavy atom. The van der Waals surface area contributed by atoms with Crippen LogP contribution >= 0.6 is 0 Å². The molecule has 3 heterocycles. The summed E-state index contributed by atoms with van der Waals surface area (Å²) in [6, 6.07) is 15.3. The van der Waals surface area contributed by atoms with Gasteiger partial charge in [0.1, 0.15) is 18.2 Å². The van der Waals surface area contributed by atoms with Gasteiger partial charge in [0.05, 0.1) is 40.1 Å². The van der Waals surface area contributed by atoms with Crippen LogP contribution in [0.4, 0.5) is 4.39 Å². The second-order valence-electron chi connectivity index (χ2n) is 9.42. The van der Waals surface area contributed by atoms with Crippen LogP contribution in [0, 0.1) is 5.82 Å². The number of hydrogen-bond donors (Lipinski definition) is 1. The quantitative estimate of drug-likeness (QED) is 0.311. The third-order valence-corrected chi connectivity index (χ3v) is 6.30. The molecule has 9 nitrogen and oxygen atoms in total. The number of benzene rings is 2. The van der Waals surface area contributed by atoms with Crippen molar-refractivity contribution < 1.29 is 13.9 Å². The molecule has 0 unspecified atom stereocenters. The van der Waals surface area contributed by atoms with Crippen molar-refractivity contribution in [3.8, 4) is 28.3 Å². The van der Waals surface area contributed by atoms with Crippen molar-refractivity contribution >= 4 is 16.9 Å². The maximum atomic E-state index is 13.8. The summed E-state index contributed by atoms with van der Waals surface area (Å²) in [4.78, 5) is 33.2. The fourth-order valence-electron chi connectivity index (χ4n) is 4.26. The van der Waals surface area contributed by atoms with Crippen molar-refractivity contribution in [1.82, 2.24) is 29.4 Å². The Hall–Kier alpha value is -4.70. The number of nitrogens with two attached hydrogens (primary N) is 1. The maximum absolute atomic E-state index is 13.8. The first kappa shape index (κ1) is 25.9. The molecule has 0 bridgehead atoms. The lowest BCUT2D eigenvalue weighted by molar-refractivity contribution is 0.0994. The summed E-state index contributed by atoms with van der Waals surface area (Å²) in [5.74, 6) is -0.491. The van der Waals surface area contributed by atoms with E-state index in [9.17, 15) is 9.18 Å². The van der Waals surface area contributed by atoms with Gasteiger partial charge in [0.15, 0.2) is 5.69 Å². The van der Waals surface area contributed by atoms with Gasteiger partial charge in [-0.05, 0) is 62.6 Å². The van der Waals surface area contributed by atoms with Crippen LogP contribution in [0.3, 0.4) is 0 Å². The third-order valence-electron chi connectivity index (χ3n) is 6.30. The Morgan fingerprint density at radius 1 is 1.00 bits per heavy atom. The van der Waals surface area contributed by atoms with Crippen LogP contribution in [0.25, 0.3) is 33.5 Å². The molecule has 5 aromatic rings. The van der Waals surface area contributed by atoms with Gasteiger partial charge in [0.2, 0.25) is 0 Å². The van der Waals surface area contributed by atoms with Crippen LogP contribution in [0.1, 0.15) is 21.9 Å². The topological polar surface area (TPSA) is 112 Å². The van der Waals surface area contributed by atoms with Crippen molar-refractivity contribution in [2.24, 2.45) is 12.8 Å². The number of aromatic nitrogens is 5. The highest BCUT2D eigenvalue weighted by Crippen LogP contribution is 2.33. The zero-order valence-corrected chi connectivity index (χ0v) is 21.9. The monoisotopic (exact) mass is 525 g/mol. The number of fused-ring (bicyclic) bond motifs is 1. The van der Waals surface area contributed by atoms with Crippen LogP contribution in [0.2, 0.25) is 0 Å². The number of nitrogens with zero attached hydrogens (tertiary/aromatic N) is 6. The Morgan fingerprint density at radius 2 is 1.74 bits per heavy atom. The first-order valence-electron chi connectivity index (χ1n) is 12.4. The number of aryl methyl sites for hydroxylation is 1. The average Bonchev–Trinajstić information content (AvgIpc) is 3.29. The largest absolute Gasteiger partial charge is 0.490 e. The molecule has 0 aliphatic carbocycles. The molecule has 0 aliphatic heterocycles. The molecule has 0 saturated heterocycles. The van der Waals surface area contributed by atoms with Gasteiger partial charge in [-0.1, -0.05) is 6.07 Å². The van der Waals surface area contributed by atoms with Crippen molar-refractivity contribution in [2.75, 3.05) is 27.2 Å². The molecule has 198 valence electrons. The Bertz CT molecular complexity index is 1650. The standard InChI is InChI=1S/C29H28FN7O2/c1-36(2)13-14-39-25-5-4-12-32-22(25)16-23-28(29(31)38)35-27(26(34-23)18-6-9-20(30)10-7-18)19-8-11-21-24(15-19)37(3)17-33-21/h4-12,15,17H,13-14,16H2,1-3H3,(H2,31,38). The Kier molecular flexibility index (Phi) is 7.29. The number of carbonyl (C=O) groups is 1. The minimum absolute atomic E-state index is 0.0332. The van der Waals surface area contributed by atoms with Gasteiger partial charge in [-0.2, -0.15) is 0 Å². The van der Waals surface area contributed by atoms with Crippen LogP contribution < -0.4 is 10.5 Å². The third kappa shape index (κ3) is 5.60. The van der Waals surface area contributed by atoms with E-state index in [1.807, 2.05) is 54.9 Å². The zero-order chi connectivity index (χ0) is 27.5.